The predicted molar refractivity (Wildman–Crippen MR) is 134 cm³/mol. The number of carbonyl (C=O) groups excluding carboxylic acids is 1. The van der Waals surface area contributed by atoms with Gasteiger partial charge in [-0.1, -0.05) is 31.2 Å². The number of rotatable bonds is 10. The van der Waals surface area contributed by atoms with E-state index >= 15 is 0 Å². The molecule has 0 radical (unpaired) electrons. The normalized spacial score (nSPS) is 14.2. The number of benzene rings is 2. The number of hydrogen-bond donors (Lipinski definition) is 1. The van der Waals surface area contributed by atoms with Crippen molar-refractivity contribution in [3.63, 3.8) is 0 Å². The highest BCUT2D eigenvalue weighted by Gasteiger charge is 2.22. The van der Waals surface area contributed by atoms with Crippen molar-refractivity contribution in [2.24, 2.45) is 0 Å². The highest BCUT2D eigenvalue weighted by molar-refractivity contribution is 7.92. The van der Waals surface area contributed by atoms with Crippen molar-refractivity contribution >= 4 is 27.3 Å². The van der Waals surface area contributed by atoms with Crippen LogP contribution in [-0.2, 0) is 27.7 Å². The van der Waals surface area contributed by atoms with Gasteiger partial charge in [0.25, 0.3) is 5.69 Å². The first-order valence-corrected chi connectivity index (χ1v) is 13.6. The summed E-state index contributed by atoms with van der Waals surface area (Å²) >= 11 is 0. The lowest BCUT2D eigenvalue weighted by atomic mass is 9.89. The Labute approximate surface area is 201 Å². The molecule has 0 spiro atoms. The molecular formula is C25H33N3O5S. The summed E-state index contributed by atoms with van der Waals surface area (Å²) in [5, 5.41) is 14.2. The number of nitrogens with zero attached hydrogens (tertiary/aromatic N) is 2. The third kappa shape index (κ3) is 6.34. The number of carbonyl (C=O) groups is 1. The van der Waals surface area contributed by atoms with Gasteiger partial charge in [-0.05, 0) is 67.7 Å². The summed E-state index contributed by atoms with van der Waals surface area (Å²) in [4.78, 5) is 23.3. The maximum atomic E-state index is 12.7. The molecule has 0 saturated heterocycles. The van der Waals surface area contributed by atoms with Crippen molar-refractivity contribution < 1.29 is 18.1 Å². The Bertz CT molecular complexity index is 1160. The predicted octanol–water partition coefficient (Wildman–Crippen LogP) is 4.60. The molecule has 0 bridgehead atoms. The van der Waals surface area contributed by atoms with Gasteiger partial charge in [0, 0.05) is 25.1 Å². The van der Waals surface area contributed by atoms with Crippen molar-refractivity contribution in [3.8, 4) is 0 Å². The van der Waals surface area contributed by atoms with Crippen LogP contribution in [0.4, 0.5) is 11.4 Å². The number of aryl methyl sites for hydroxylation is 3. The van der Waals surface area contributed by atoms with Gasteiger partial charge in [0.2, 0.25) is 15.9 Å². The number of nitro benzene ring substituents is 1. The van der Waals surface area contributed by atoms with Crippen LogP contribution >= 0.6 is 0 Å². The number of anilines is 1. The maximum Gasteiger partial charge on any atom is 0.271 e. The number of nitrogens with one attached hydrogen (secondary N) is 1. The van der Waals surface area contributed by atoms with Gasteiger partial charge in [0.15, 0.2) is 0 Å². The second kappa shape index (κ2) is 11.0. The Morgan fingerprint density at radius 3 is 2.50 bits per heavy atom. The molecular weight excluding hydrogens is 454 g/mol. The fourth-order valence-electron chi connectivity index (χ4n) is 4.49. The zero-order valence-electron chi connectivity index (χ0n) is 20.0. The fraction of sp³-hybridized carbons (Fsp3) is 0.480. The lowest BCUT2D eigenvalue weighted by molar-refractivity contribution is -0.384. The topological polar surface area (TPSA) is 110 Å². The molecule has 1 N–H and O–H groups in total. The van der Waals surface area contributed by atoms with E-state index in [0.29, 0.717) is 12.0 Å². The Balaban J connectivity index is 1.65. The first-order chi connectivity index (χ1) is 16.1. The molecule has 0 aromatic heterocycles. The van der Waals surface area contributed by atoms with Crippen molar-refractivity contribution in [2.75, 3.05) is 17.1 Å². The van der Waals surface area contributed by atoms with Gasteiger partial charge in [0.1, 0.15) is 0 Å². The Kier molecular flexibility index (Phi) is 8.30. The quantitative estimate of drug-likeness (QED) is 0.389. The molecule has 1 amide bonds. The molecule has 2 aromatic carbocycles. The second-order valence-corrected chi connectivity index (χ2v) is 10.8. The Morgan fingerprint density at radius 2 is 1.85 bits per heavy atom. The number of non-ortho nitro benzene ring substituents is 1. The van der Waals surface area contributed by atoms with Gasteiger partial charge in [0.05, 0.1) is 22.9 Å². The Morgan fingerprint density at radius 1 is 1.15 bits per heavy atom. The molecule has 0 saturated carbocycles. The molecule has 0 fully saturated rings. The molecule has 1 atom stereocenters. The molecule has 34 heavy (non-hydrogen) atoms. The van der Waals surface area contributed by atoms with E-state index in [0.717, 1.165) is 35.4 Å². The standard InChI is InChI=1S/C25H33N3O5S/c1-4-23(21-13-12-19-8-5-6-9-20(19)16-21)26-25(29)10-7-15-27(34(3,32)33)24-17-22(28(30)31)14-11-18(24)2/h11-14,16-17,23H,4-10,15H2,1-3H3,(H,26,29)/t23-/m0/s1. The van der Waals surface area contributed by atoms with E-state index in [4.69, 9.17) is 0 Å². The van der Waals surface area contributed by atoms with Crippen LogP contribution < -0.4 is 9.62 Å². The number of hydrogen-bond acceptors (Lipinski definition) is 5. The number of nitro groups is 1. The van der Waals surface area contributed by atoms with Gasteiger partial charge >= 0.3 is 0 Å². The van der Waals surface area contributed by atoms with Crippen LogP contribution in [0, 0.1) is 17.0 Å². The van der Waals surface area contributed by atoms with Crippen LogP contribution in [0.1, 0.15) is 67.3 Å². The van der Waals surface area contributed by atoms with E-state index in [9.17, 15) is 23.3 Å². The Hall–Kier alpha value is -2.94. The number of fused-ring (bicyclic) bond motifs is 1. The minimum absolute atomic E-state index is 0.0594. The highest BCUT2D eigenvalue weighted by atomic mass is 32.2. The van der Waals surface area contributed by atoms with Crippen LogP contribution in [0.3, 0.4) is 0 Å². The van der Waals surface area contributed by atoms with E-state index in [1.165, 1.54) is 42.2 Å². The summed E-state index contributed by atoms with van der Waals surface area (Å²) in [5.74, 6) is -0.145. The summed E-state index contributed by atoms with van der Waals surface area (Å²) in [6, 6.07) is 10.5. The van der Waals surface area contributed by atoms with Crippen molar-refractivity contribution in [2.45, 2.75) is 64.8 Å². The summed E-state index contributed by atoms with van der Waals surface area (Å²) in [7, 11) is -3.68. The van der Waals surface area contributed by atoms with E-state index in [2.05, 4.69) is 23.5 Å². The molecule has 3 rings (SSSR count). The van der Waals surface area contributed by atoms with E-state index < -0.39 is 14.9 Å². The second-order valence-electron chi connectivity index (χ2n) is 8.93. The molecule has 1 aliphatic carbocycles. The van der Waals surface area contributed by atoms with Gasteiger partial charge in [-0.15, -0.1) is 0 Å². The van der Waals surface area contributed by atoms with Crippen molar-refractivity contribution in [1.82, 2.24) is 5.32 Å². The lowest BCUT2D eigenvalue weighted by Crippen LogP contribution is -2.33. The SMILES string of the molecule is CC[C@H](NC(=O)CCCN(c1cc([N+](=O)[O-])ccc1C)S(C)(=O)=O)c1ccc2c(c1)CCCC2. The van der Waals surface area contributed by atoms with Crippen LogP contribution in [-0.4, -0.2) is 32.0 Å². The fourth-order valence-corrected chi connectivity index (χ4v) is 5.50. The molecule has 184 valence electrons. The maximum absolute atomic E-state index is 12.7. The van der Waals surface area contributed by atoms with Crippen LogP contribution in [0.2, 0.25) is 0 Å². The van der Waals surface area contributed by atoms with Crippen LogP contribution in [0.15, 0.2) is 36.4 Å². The van der Waals surface area contributed by atoms with E-state index in [1.807, 2.05) is 6.92 Å². The average molecular weight is 488 g/mol. The molecule has 2 aromatic rings. The van der Waals surface area contributed by atoms with Gasteiger partial charge in [-0.3, -0.25) is 19.2 Å². The zero-order valence-corrected chi connectivity index (χ0v) is 20.9. The summed E-state index contributed by atoms with van der Waals surface area (Å²) in [6.45, 7) is 3.79. The molecule has 0 unspecified atom stereocenters. The molecule has 0 aliphatic heterocycles. The molecule has 9 heteroatoms. The monoisotopic (exact) mass is 487 g/mol. The summed E-state index contributed by atoms with van der Waals surface area (Å²) in [6.07, 6.45) is 6.87. The van der Waals surface area contributed by atoms with Crippen LogP contribution in [0.25, 0.3) is 0 Å². The number of sulfonamides is 1. The summed E-state index contributed by atoms with van der Waals surface area (Å²) < 4.78 is 26.0. The minimum Gasteiger partial charge on any atom is -0.349 e. The van der Waals surface area contributed by atoms with Crippen molar-refractivity contribution in [3.05, 3.63) is 68.8 Å². The number of amides is 1. The van der Waals surface area contributed by atoms with Gasteiger partial charge in [-0.25, -0.2) is 8.42 Å². The first-order valence-electron chi connectivity index (χ1n) is 11.7. The third-order valence-corrected chi connectivity index (χ3v) is 7.54. The van der Waals surface area contributed by atoms with E-state index in [1.54, 1.807) is 6.92 Å². The molecule has 8 nitrogen and oxygen atoms in total. The third-order valence-electron chi connectivity index (χ3n) is 6.36. The molecule has 1 aliphatic rings. The highest BCUT2D eigenvalue weighted by Crippen LogP contribution is 2.28. The first kappa shape index (κ1) is 25.7. The zero-order chi connectivity index (χ0) is 24.9. The average Bonchev–Trinajstić information content (AvgIpc) is 2.79. The minimum atomic E-state index is -3.68. The van der Waals surface area contributed by atoms with Crippen molar-refractivity contribution in [1.29, 1.82) is 0 Å². The largest absolute Gasteiger partial charge is 0.349 e. The smallest absolute Gasteiger partial charge is 0.271 e. The van der Waals surface area contributed by atoms with E-state index in [-0.39, 0.29) is 36.3 Å². The summed E-state index contributed by atoms with van der Waals surface area (Å²) in [5.41, 5.74) is 4.56. The van der Waals surface area contributed by atoms with Crippen LogP contribution in [0.5, 0.6) is 0 Å². The lowest BCUT2D eigenvalue weighted by Gasteiger charge is -2.24. The van der Waals surface area contributed by atoms with Gasteiger partial charge < -0.3 is 5.32 Å². The van der Waals surface area contributed by atoms with Gasteiger partial charge in [-0.2, -0.15) is 0 Å². The molecule has 0 heterocycles.